The first-order valence-electron chi connectivity index (χ1n) is 9.66. The number of carbonyl (C=O) groups excluding carboxylic acids is 1. The van der Waals surface area contributed by atoms with Gasteiger partial charge in [0.25, 0.3) is 15.9 Å². The van der Waals surface area contributed by atoms with E-state index in [2.05, 4.69) is 20.3 Å². The number of carbonyl (C=O) groups is 1. The molecular formula is C20H27N5O3S. The van der Waals surface area contributed by atoms with Crippen LogP contribution in [0.3, 0.4) is 0 Å². The fourth-order valence-electron chi connectivity index (χ4n) is 3.27. The van der Waals surface area contributed by atoms with E-state index in [9.17, 15) is 13.2 Å². The number of nitrogens with zero attached hydrogens (tertiary/aromatic N) is 2. The molecule has 1 saturated heterocycles. The van der Waals surface area contributed by atoms with Crippen molar-refractivity contribution in [1.29, 1.82) is 0 Å². The van der Waals surface area contributed by atoms with Crippen LogP contribution in [0.5, 0.6) is 0 Å². The number of pyridine rings is 1. The number of anilines is 2. The molecule has 1 fully saturated rings. The van der Waals surface area contributed by atoms with Crippen molar-refractivity contribution >= 4 is 27.4 Å². The zero-order valence-corrected chi connectivity index (χ0v) is 17.8. The van der Waals surface area contributed by atoms with Crippen molar-refractivity contribution in [2.75, 3.05) is 42.3 Å². The molecule has 3 rings (SSSR count). The van der Waals surface area contributed by atoms with E-state index in [0.717, 1.165) is 31.7 Å². The first-order valence-corrected chi connectivity index (χ1v) is 11.1. The Hall–Kier alpha value is -2.65. The predicted octanol–water partition coefficient (Wildman–Crippen LogP) is 1.66. The van der Waals surface area contributed by atoms with Crippen molar-refractivity contribution in [2.45, 2.75) is 25.7 Å². The van der Waals surface area contributed by atoms with Crippen molar-refractivity contribution in [1.82, 2.24) is 15.6 Å². The summed E-state index contributed by atoms with van der Waals surface area (Å²) in [7, 11) is -3.80. The molecule has 0 spiro atoms. The van der Waals surface area contributed by atoms with Gasteiger partial charge in [-0.15, -0.1) is 0 Å². The smallest absolute Gasteiger partial charge is 0.262 e. The molecule has 1 aromatic heterocycles. The van der Waals surface area contributed by atoms with Gasteiger partial charge in [0.15, 0.2) is 0 Å². The Morgan fingerprint density at radius 1 is 1.21 bits per heavy atom. The summed E-state index contributed by atoms with van der Waals surface area (Å²) in [5, 5.41) is 6.05. The monoisotopic (exact) mass is 417 g/mol. The second kappa shape index (κ2) is 8.79. The van der Waals surface area contributed by atoms with Crippen LogP contribution >= 0.6 is 0 Å². The maximum atomic E-state index is 12.9. The van der Waals surface area contributed by atoms with Crippen LogP contribution < -0.4 is 20.3 Å². The van der Waals surface area contributed by atoms with Gasteiger partial charge in [-0.05, 0) is 44.0 Å². The minimum atomic E-state index is -3.80. The van der Waals surface area contributed by atoms with E-state index in [0.29, 0.717) is 23.5 Å². The molecule has 9 heteroatoms. The molecule has 0 unspecified atom stereocenters. The normalized spacial score (nSPS) is 14.5. The highest BCUT2D eigenvalue weighted by molar-refractivity contribution is 7.92. The number of piperazine rings is 1. The topological polar surface area (TPSA) is 103 Å². The first kappa shape index (κ1) is 21.1. The highest BCUT2D eigenvalue weighted by atomic mass is 32.2. The standard InChI is InChI=1S/C20H27N5O3S/c1-4-22-20(26)17-12-16(13-23-19(17)25-9-7-21-8-10-25)24-29(27,28)18-11-14(2)5-6-15(18)3/h5-6,11-13,21,24H,4,7-10H2,1-3H3,(H,22,26). The third-order valence-electron chi connectivity index (χ3n) is 4.75. The Morgan fingerprint density at radius 2 is 1.93 bits per heavy atom. The summed E-state index contributed by atoms with van der Waals surface area (Å²) in [5.41, 5.74) is 2.12. The fraction of sp³-hybridized carbons (Fsp3) is 0.400. The van der Waals surface area contributed by atoms with E-state index >= 15 is 0 Å². The van der Waals surface area contributed by atoms with Gasteiger partial charge in [0.05, 0.1) is 22.3 Å². The molecule has 0 radical (unpaired) electrons. The van der Waals surface area contributed by atoms with Crippen LogP contribution in [-0.2, 0) is 10.0 Å². The molecule has 8 nitrogen and oxygen atoms in total. The van der Waals surface area contributed by atoms with E-state index in [4.69, 9.17) is 0 Å². The van der Waals surface area contributed by atoms with Gasteiger partial charge in [-0.2, -0.15) is 0 Å². The number of aryl methyl sites for hydroxylation is 2. The number of hydrogen-bond acceptors (Lipinski definition) is 6. The largest absolute Gasteiger partial charge is 0.353 e. The minimum Gasteiger partial charge on any atom is -0.353 e. The van der Waals surface area contributed by atoms with Crippen LogP contribution in [0, 0.1) is 13.8 Å². The molecule has 1 aromatic carbocycles. The van der Waals surface area contributed by atoms with Gasteiger partial charge < -0.3 is 15.5 Å². The number of amides is 1. The number of aromatic nitrogens is 1. The van der Waals surface area contributed by atoms with E-state index < -0.39 is 10.0 Å². The van der Waals surface area contributed by atoms with Crippen LogP contribution in [0.4, 0.5) is 11.5 Å². The van der Waals surface area contributed by atoms with Crippen molar-refractivity contribution in [3.63, 3.8) is 0 Å². The number of nitrogens with one attached hydrogen (secondary N) is 3. The molecule has 1 amide bonds. The van der Waals surface area contributed by atoms with Crippen LogP contribution in [-0.4, -0.2) is 52.0 Å². The van der Waals surface area contributed by atoms with Crippen molar-refractivity contribution in [3.05, 3.63) is 47.2 Å². The second-order valence-electron chi connectivity index (χ2n) is 7.07. The lowest BCUT2D eigenvalue weighted by Gasteiger charge is -2.30. The zero-order chi connectivity index (χ0) is 21.0. The minimum absolute atomic E-state index is 0.211. The molecular weight excluding hydrogens is 390 g/mol. The number of benzene rings is 1. The fourth-order valence-corrected chi connectivity index (χ4v) is 4.64. The summed E-state index contributed by atoms with van der Waals surface area (Å²) < 4.78 is 28.4. The van der Waals surface area contributed by atoms with Crippen LogP contribution in [0.1, 0.15) is 28.4 Å². The Kier molecular flexibility index (Phi) is 6.39. The van der Waals surface area contributed by atoms with Crippen molar-refractivity contribution in [2.24, 2.45) is 0 Å². The maximum absolute atomic E-state index is 12.9. The molecule has 0 atom stereocenters. The molecule has 29 heavy (non-hydrogen) atoms. The first-order chi connectivity index (χ1) is 13.8. The van der Waals surface area contributed by atoms with E-state index in [1.165, 1.54) is 6.20 Å². The van der Waals surface area contributed by atoms with E-state index in [1.807, 2.05) is 24.8 Å². The Balaban J connectivity index is 1.96. The SMILES string of the molecule is CCNC(=O)c1cc(NS(=O)(=O)c2cc(C)ccc2C)cnc1N1CCNCC1. The lowest BCUT2D eigenvalue weighted by Crippen LogP contribution is -2.44. The summed E-state index contributed by atoms with van der Waals surface area (Å²) in [6.45, 7) is 8.96. The lowest BCUT2D eigenvalue weighted by molar-refractivity contribution is 0.0956. The van der Waals surface area contributed by atoms with E-state index in [-0.39, 0.29) is 16.5 Å². The number of rotatable bonds is 6. The van der Waals surface area contributed by atoms with Gasteiger partial charge in [-0.25, -0.2) is 13.4 Å². The Bertz CT molecular complexity index is 1000. The molecule has 2 aromatic rings. The molecule has 156 valence electrons. The third-order valence-corrected chi connectivity index (χ3v) is 6.27. The number of hydrogen-bond donors (Lipinski definition) is 3. The predicted molar refractivity (Wildman–Crippen MR) is 114 cm³/mol. The van der Waals surface area contributed by atoms with Gasteiger partial charge in [0.1, 0.15) is 5.82 Å². The quantitative estimate of drug-likeness (QED) is 0.661. The summed E-state index contributed by atoms with van der Waals surface area (Å²) in [4.78, 5) is 19.3. The van der Waals surface area contributed by atoms with Crippen LogP contribution in [0.2, 0.25) is 0 Å². The molecule has 3 N–H and O–H groups in total. The van der Waals surface area contributed by atoms with Gasteiger partial charge in [-0.1, -0.05) is 12.1 Å². The molecule has 0 bridgehead atoms. The van der Waals surface area contributed by atoms with Gasteiger partial charge in [0.2, 0.25) is 0 Å². The summed E-state index contributed by atoms with van der Waals surface area (Å²) >= 11 is 0. The second-order valence-corrected chi connectivity index (χ2v) is 8.72. The number of sulfonamides is 1. The zero-order valence-electron chi connectivity index (χ0n) is 16.9. The van der Waals surface area contributed by atoms with Crippen LogP contribution in [0.25, 0.3) is 0 Å². The van der Waals surface area contributed by atoms with Crippen LogP contribution in [0.15, 0.2) is 35.4 Å². The van der Waals surface area contributed by atoms with E-state index in [1.54, 1.807) is 25.1 Å². The van der Waals surface area contributed by atoms with Gasteiger partial charge >= 0.3 is 0 Å². The average molecular weight is 418 g/mol. The molecule has 1 aliphatic rings. The lowest BCUT2D eigenvalue weighted by atomic mass is 10.2. The average Bonchev–Trinajstić information content (AvgIpc) is 2.70. The maximum Gasteiger partial charge on any atom is 0.262 e. The Labute approximate surface area is 171 Å². The molecule has 0 aliphatic carbocycles. The van der Waals surface area contributed by atoms with Crippen molar-refractivity contribution in [3.8, 4) is 0 Å². The summed E-state index contributed by atoms with van der Waals surface area (Å²) in [6.07, 6.45) is 1.46. The van der Waals surface area contributed by atoms with Crippen molar-refractivity contribution < 1.29 is 13.2 Å². The summed E-state index contributed by atoms with van der Waals surface area (Å²) in [6, 6.07) is 6.82. The molecule has 0 saturated carbocycles. The van der Waals surface area contributed by atoms with Gasteiger partial charge in [-0.3, -0.25) is 9.52 Å². The van der Waals surface area contributed by atoms with Gasteiger partial charge in [0, 0.05) is 32.7 Å². The highest BCUT2D eigenvalue weighted by Gasteiger charge is 2.23. The molecule has 2 heterocycles. The molecule has 1 aliphatic heterocycles. The third kappa shape index (κ3) is 4.86. The summed E-state index contributed by atoms with van der Waals surface area (Å²) in [5.74, 6) is 0.286. The highest BCUT2D eigenvalue weighted by Crippen LogP contribution is 2.25. The Morgan fingerprint density at radius 3 is 2.62 bits per heavy atom.